The normalized spacial score (nSPS) is 11.9. The Morgan fingerprint density at radius 3 is 2.29 bits per heavy atom. The van der Waals surface area contributed by atoms with Crippen molar-refractivity contribution in [3.63, 3.8) is 0 Å². The number of unbranched alkanes of at least 4 members (excludes halogenated alkanes) is 1. The first-order valence-electron chi connectivity index (χ1n) is 13.4. The van der Waals surface area contributed by atoms with Crippen LogP contribution in [0.25, 0.3) is 0 Å². The standard InChI is InChI=1S/C30H35ClFN3O5S/c1-4-6-19-33-30(37)22(3)34(20-23-11-15-25(32)16-12-23)29(36)21-35(27-9-7-8-10-28(27)40-5-2)41(38,39)26-17-13-24(31)14-18-26/h7-18,22H,4-6,19-21H2,1-3H3,(H,33,37)/t22-/m1/s1. The summed E-state index contributed by atoms with van der Waals surface area (Å²) >= 11 is 6.00. The highest BCUT2D eigenvalue weighted by atomic mass is 35.5. The van der Waals surface area contributed by atoms with Crippen LogP contribution in [0.2, 0.25) is 5.02 Å². The van der Waals surface area contributed by atoms with E-state index in [4.69, 9.17) is 16.3 Å². The smallest absolute Gasteiger partial charge is 0.264 e. The predicted octanol–water partition coefficient (Wildman–Crippen LogP) is 5.41. The number of nitrogens with one attached hydrogen (secondary N) is 1. The van der Waals surface area contributed by atoms with E-state index in [-0.39, 0.29) is 35.4 Å². The molecule has 0 radical (unpaired) electrons. The average molecular weight is 604 g/mol. The second-order valence-corrected chi connectivity index (χ2v) is 11.6. The molecule has 8 nitrogen and oxygen atoms in total. The van der Waals surface area contributed by atoms with Crippen LogP contribution in [-0.4, -0.2) is 50.9 Å². The fourth-order valence-electron chi connectivity index (χ4n) is 4.09. The van der Waals surface area contributed by atoms with Crippen molar-refractivity contribution in [3.05, 3.63) is 89.2 Å². The van der Waals surface area contributed by atoms with Gasteiger partial charge >= 0.3 is 0 Å². The van der Waals surface area contributed by atoms with Crippen LogP contribution in [0.4, 0.5) is 10.1 Å². The van der Waals surface area contributed by atoms with E-state index in [1.807, 2.05) is 6.92 Å². The molecule has 0 spiro atoms. The molecule has 0 bridgehead atoms. The molecule has 3 rings (SSSR count). The highest BCUT2D eigenvalue weighted by molar-refractivity contribution is 7.92. The third-order valence-corrected chi connectivity index (χ3v) is 8.40. The molecular formula is C30H35ClFN3O5S. The van der Waals surface area contributed by atoms with E-state index in [0.29, 0.717) is 17.1 Å². The number of carbonyl (C=O) groups is 2. The first kappa shape index (κ1) is 31.9. The minimum atomic E-state index is -4.29. The second-order valence-electron chi connectivity index (χ2n) is 9.33. The number of anilines is 1. The van der Waals surface area contributed by atoms with E-state index >= 15 is 0 Å². The molecule has 220 valence electrons. The average Bonchev–Trinajstić information content (AvgIpc) is 2.96. The number of nitrogens with zero attached hydrogens (tertiary/aromatic N) is 2. The second kappa shape index (κ2) is 14.8. The molecule has 0 aromatic heterocycles. The molecule has 3 aromatic rings. The van der Waals surface area contributed by atoms with Crippen molar-refractivity contribution in [2.45, 2.75) is 51.1 Å². The van der Waals surface area contributed by atoms with Crippen molar-refractivity contribution in [3.8, 4) is 5.75 Å². The Balaban J connectivity index is 2.04. The summed E-state index contributed by atoms with van der Waals surface area (Å²) in [4.78, 5) is 28.2. The van der Waals surface area contributed by atoms with E-state index < -0.39 is 34.3 Å². The molecule has 0 unspecified atom stereocenters. The first-order chi connectivity index (χ1) is 19.6. The van der Waals surface area contributed by atoms with Gasteiger partial charge in [-0.05, 0) is 74.4 Å². The minimum absolute atomic E-state index is 0.0383. The van der Waals surface area contributed by atoms with Gasteiger partial charge in [-0.25, -0.2) is 12.8 Å². The fourth-order valence-corrected chi connectivity index (χ4v) is 5.64. The van der Waals surface area contributed by atoms with Gasteiger partial charge in [-0.2, -0.15) is 0 Å². The van der Waals surface area contributed by atoms with Crippen molar-refractivity contribution >= 4 is 39.1 Å². The van der Waals surface area contributed by atoms with Gasteiger partial charge in [-0.3, -0.25) is 13.9 Å². The monoisotopic (exact) mass is 603 g/mol. The van der Waals surface area contributed by atoms with Gasteiger partial charge in [0.15, 0.2) is 0 Å². The molecular weight excluding hydrogens is 569 g/mol. The van der Waals surface area contributed by atoms with E-state index in [9.17, 15) is 22.4 Å². The largest absolute Gasteiger partial charge is 0.492 e. The lowest BCUT2D eigenvalue weighted by Crippen LogP contribution is -2.51. The topological polar surface area (TPSA) is 96.0 Å². The molecule has 0 aliphatic rings. The lowest BCUT2D eigenvalue weighted by molar-refractivity contribution is -0.139. The summed E-state index contributed by atoms with van der Waals surface area (Å²) in [5.74, 6) is -1.17. The summed E-state index contributed by atoms with van der Waals surface area (Å²) in [5, 5.41) is 3.18. The summed E-state index contributed by atoms with van der Waals surface area (Å²) in [5.41, 5.74) is 0.745. The van der Waals surface area contributed by atoms with Gasteiger partial charge in [0.1, 0.15) is 24.2 Å². The Bertz CT molecular complexity index is 1420. The van der Waals surface area contributed by atoms with Crippen LogP contribution in [-0.2, 0) is 26.2 Å². The quantitative estimate of drug-likeness (QED) is 0.249. The maximum Gasteiger partial charge on any atom is 0.264 e. The van der Waals surface area contributed by atoms with Crippen LogP contribution in [0.3, 0.4) is 0 Å². The Labute approximate surface area is 246 Å². The van der Waals surface area contributed by atoms with E-state index in [1.54, 1.807) is 38.1 Å². The van der Waals surface area contributed by atoms with Gasteiger partial charge in [0, 0.05) is 18.1 Å². The van der Waals surface area contributed by atoms with Crippen molar-refractivity contribution in [1.29, 1.82) is 0 Å². The highest BCUT2D eigenvalue weighted by Crippen LogP contribution is 2.33. The van der Waals surface area contributed by atoms with Gasteiger partial charge < -0.3 is 15.0 Å². The van der Waals surface area contributed by atoms with Gasteiger partial charge in [0.25, 0.3) is 10.0 Å². The molecule has 0 aliphatic carbocycles. The van der Waals surface area contributed by atoms with Gasteiger partial charge in [0.05, 0.1) is 17.2 Å². The highest BCUT2D eigenvalue weighted by Gasteiger charge is 2.33. The lowest BCUT2D eigenvalue weighted by atomic mass is 10.1. The third kappa shape index (κ3) is 8.43. The predicted molar refractivity (Wildman–Crippen MR) is 158 cm³/mol. The molecule has 0 saturated heterocycles. The summed E-state index contributed by atoms with van der Waals surface area (Å²) in [6, 6.07) is 16.8. The lowest BCUT2D eigenvalue weighted by Gasteiger charge is -2.32. The van der Waals surface area contributed by atoms with Crippen LogP contribution in [0.15, 0.2) is 77.7 Å². The number of para-hydroxylation sites is 2. The Morgan fingerprint density at radius 2 is 1.66 bits per heavy atom. The Hall–Kier alpha value is -3.63. The first-order valence-corrected chi connectivity index (χ1v) is 15.2. The number of sulfonamides is 1. The van der Waals surface area contributed by atoms with Crippen LogP contribution in [0.5, 0.6) is 5.75 Å². The third-order valence-electron chi connectivity index (χ3n) is 6.38. The number of halogens is 2. The van der Waals surface area contributed by atoms with Gasteiger partial charge in [-0.15, -0.1) is 0 Å². The Morgan fingerprint density at radius 1 is 1.00 bits per heavy atom. The van der Waals surface area contributed by atoms with Gasteiger partial charge in [-0.1, -0.05) is 49.2 Å². The molecule has 0 saturated carbocycles. The number of benzene rings is 3. The number of rotatable bonds is 14. The summed E-state index contributed by atoms with van der Waals surface area (Å²) in [6.45, 7) is 5.39. The zero-order valence-electron chi connectivity index (χ0n) is 23.3. The van der Waals surface area contributed by atoms with E-state index in [1.165, 1.54) is 53.4 Å². The summed E-state index contributed by atoms with van der Waals surface area (Å²) < 4.78 is 48.2. The van der Waals surface area contributed by atoms with E-state index in [2.05, 4.69) is 5.32 Å². The van der Waals surface area contributed by atoms with Gasteiger partial charge in [0.2, 0.25) is 11.8 Å². The van der Waals surface area contributed by atoms with Crippen LogP contribution >= 0.6 is 11.6 Å². The minimum Gasteiger partial charge on any atom is -0.492 e. The van der Waals surface area contributed by atoms with Crippen molar-refractivity contribution in [2.24, 2.45) is 0 Å². The van der Waals surface area contributed by atoms with Crippen molar-refractivity contribution in [1.82, 2.24) is 10.2 Å². The van der Waals surface area contributed by atoms with Crippen LogP contribution in [0, 0.1) is 5.82 Å². The molecule has 11 heteroatoms. The van der Waals surface area contributed by atoms with Crippen molar-refractivity contribution < 1.29 is 27.1 Å². The van der Waals surface area contributed by atoms with Crippen LogP contribution < -0.4 is 14.4 Å². The summed E-state index contributed by atoms with van der Waals surface area (Å²) in [7, 11) is -4.29. The van der Waals surface area contributed by atoms with Crippen molar-refractivity contribution in [2.75, 3.05) is 24.0 Å². The number of ether oxygens (including phenoxy) is 1. The number of amides is 2. The molecule has 1 N–H and O–H groups in total. The zero-order valence-corrected chi connectivity index (χ0v) is 24.9. The molecule has 0 fully saturated rings. The Kier molecular flexibility index (Phi) is 11.5. The molecule has 1 atom stereocenters. The van der Waals surface area contributed by atoms with Crippen LogP contribution in [0.1, 0.15) is 39.2 Å². The zero-order chi connectivity index (χ0) is 30.0. The molecule has 2 amide bonds. The molecule has 0 aliphatic heterocycles. The van der Waals surface area contributed by atoms with E-state index in [0.717, 1.165) is 17.1 Å². The maximum atomic E-state index is 14.0. The number of hydrogen-bond donors (Lipinski definition) is 1. The number of hydrogen-bond acceptors (Lipinski definition) is 5. The fraction of sp³-hybridized carbons (Fsp3) is 0.333. The number of carbonyl (C=O) groups excluding carboxylic acids is 2. The molecule has 0 heterocycles. The maximum absolute atomic E-state index is 14.0. The molecule has 41 heavy (non-hydrogen) atoms. The SMILES string of the molecule is CCCCNC(=O)[C@@H](C)N(Cc1ccc(F)cc1)C(=O)CN(c1ccccc1OCC)S(=O)(=O)c1ccc(Cl)cc1. The molecule has 3 aromatic carbocycles. The summed E-state index contributed by atoms with van der Waals surface area (Å²) in [6.07, 6.45) is 1.65.